The van der Waals surface area contributed by atoms with E-state index in [2.05, 4.69) is 29.1 Å². The molecule has 0 aliphatic heterocycles. The third kappa shape index (κ3) is 3.05. The van der Waals surface area contributed by atoms with Crippen LogP contribution in [0.2, 0.25) is 5.15 Å². The summed E-state index contributed by atoms with van der Waals surface area (Å²) >= 11 is 7.46. The van der Waals surface area contributed by atoms with Gasteiger partial charge in [-0.05, 0) is 30.4 Å². The van der Waals surface area contributed by atoms with Gasteiger partial charge in [-0.15, -0.1) is 0 Å². The highest BCUT2D eigenvalue weighted by atomic mass is 35.5. The largest absolute Gasteiger partial charge is 0.369 e. The number of nitrogens with zero attached hydrogens (tertiary/aromatic N) is 2. The number of halogens is 1. The molecule has 1 aromatic rings. The molecule has 2 rings (SSSR count). The zero-order valence-electron chi connectivity index (χ0n) is 10.5. The minimum absolute atomic E-state index is 0.469. The number of anilines is 1. The van der Waals surface area contributed by atoms with E-state index in [-0.39, 0.29) is 0 Å². The van der Waals surface area contributed by atoms with E-state index in [0.29, 0.717) is 16.5 Å². The van der Waals surface area contributed by atoms with Crippen molar-refractivity contribution < 1.29 is 0 Å². The van der Waals surface area contributed by atoms with Crippen molar-refractivity contribution in [2.45, 2.75) is 31.8 Å². The third-order valence-corrected chi connectivity index (χ3v) is 4.34. The summed E-state index contributed by atoms with van der Waals surface area (Å²) in [5, 5.41) is 4.61. The number of hydrogen-bond acceptors (Lipinski definition) is 4. The number of thioether (sulfide) groups is 1. The van der Waals surface area contributed by atoms with E-state index in [1.807, 2.05) is 6.26 Å². The van der Waals surface area contributed by atoms with Crippen LogP contribution in [0.25, 0.3) is 0 Å². The maximum Gasteiger partial charge on any atom is 0.190 e. The van der Waals surface area contributed by atoms with E-state index in [0.717, 1.165) is 17.5 Å². The molecule has 0 amide bonds. The molecule has 0 aromatic carbocycles. The van der Waals surface area contributed by atoms with E-state index in [9.17, 15) is 0 Å². The fourth-order valence-electron chi connectivity index (χ4n) is 1.96. The van der Waals surface area contributed by atoms with Crippen LogP contribution in [0.3, 0.4) is 0 Å². The Kier molecular flexibility index (Phi) is 3.83. The molecule has 94 valence electrons. The predicted molar refractivity (Wildman–Crippen MR) is 73.8 cm³/mol. The van der Waals surface area contributed by atoms with Crippen molar-refractivity contribution in [1.82, 2.24) is 9.97 Å². The minimum atomic E-state index is 0.469. The van der Waals surface area contributed by atoms with Gasteiger partial charge >= 0.3 is 0 Å². The van der Waals surface area contributed by atoms with Gasteiger partial charge in [0.15, 0.2) is 5.16 Å². The normalized spacial score (nSPS) is 17.2. The summed E-state index contributed by atoms with van der Waals surface area (Å²) in [5.74, 6) is 1.55. The Bertz CT molecular complexity index is 405. The van der Waals surface area contributed by atoms with Crippen molar-refractivity contribution in [1.29, 1.82) is 0 Å². The van der Waals surface area contributed by atoms with Crippen molar-refractivity contribution in [2.24, 2.45) is 11.3 Å². The van der Waals surface area contributed by atoms with Crippen LogP contribution >= 0.6 is 23.4 Å². The van der Waals surface area contributed by atoms with Gasteiger partial charge in [-0.2, -0.15) is 0 Å². The zero-order valence-corrected chi connectivity index (χ0v) is 12.0. The fourth-order valence-corrected chi connectivity index (χ4v) is 2.58. The smallest absolute Gasteiger partial charge is 0.190 e. The standard InChI is InChI=1S/C12H18ClN3S/c1-8(2)12(4-5-12)7-14-10-6-9(13)15-11(16-10)17-3/h6,8H,4-5,7H2,1-3H3,(H,14,15,16). The monoisotopic (exact) mass is 271 g/mol. The lowest BCUT2D eigenvalue weighted by Gasteiger charge is -2.20. The van der Waals surface area contributed by atoms with Gasteiger partial charge in [0.05, 0.1) is 0 Å². The number of rotatable bonds is 5. The highest BCUT2D eigenvalue weighted by Gasteiger charge is 2.44. The van der Waals surface area contributed by atoms with Gasteiger partial charge in [0.25, 0.3) is 0 Å². The van der Waals surface area contributed by atoms with Crippen LogP contribution in [0.1, 0.15) is 26.7 Å². The van der Waals surface area contributed by atoms with Crippen molar-refractivity contribution in [3.63, 3.8) is 0 Å². The van der Waals surface area contributed by atoms with Crippen molar-refractivity contribution >= 4 is 29.2 Å². The first kappa shape index (κ1) is 13.0. The van der Waals surface area contributed by atoms with E-state index in [1.165, 1.54) is 24.6 Å². The lowest BCUT2D eigenvalue weighted by atomic mass is 9.92. The molecule has 0 spiro atoms. The fraction of sp³-hybridized carbons (Fsp3) is 0.667. The van der Waals surface area contributed by atoms with Gasteiger partial charge in [0, 0.05) is 12.6 Å². The second-order valence-electron chi connectivity index (χ2n) is 4.93. The molecule has 0 saturated heterocycles. The highest BCUT2D eigenvalue weighted by Crippen LogP contribution is 2.51. The lowest BCUT2D eigenvalue weighted by molar-refractivity contribution is 0.379. The van der Waals surface area contributed by atoms with Crippen molar-refractivity contribution in [3.05, 3.63) is 11.2 Å². The Labute approximate surface area is 112 Å². The van der Waals surface area contributed by atoms with Crippen LogP contribution in [0.15, 0.2) is 11.2 Å². The van der Waals surface area contributed by atoms with Crippen molar-refractivity contribution in [3.8, 4) is 0 Å². The van der Waals surface area contributed by atoms with Gasteiger partial charge in [-0.1, -0.05) is 37.2 Å². The Morgan fingerprint density at radius 1 is 1.47 bits per heavy atom. The summed E-state index contributed by atoms with van der Waals surface area (Å²) in [6.45, 7) is 5.55. The summed E-state index contributed by atoms with van der Waals surface area (Å²) in [6.07, 6.45) is 4.57. The number of nitrogens with one attached hydrogen (secondary N) is 1. The molecule has 0 radical (unpaired) electrons. The Morgan fingerprint density at radius 2 is 2.18 bits per heavy atom. The molecule has 0 unspecified atom stereocenters. The van der Waals surface area contributed by atoms with Crippen LogP contribution in [0.5, 0.6) is 0 Å². The summed E-state index contributed by atoms with van der Waals surface area (Å²) < 4.78 is 0. The van der Waals surface area contributed by atoms with E-state index in [4.69, 9.17) is 11.6 Å². The first-order valence-electron chi connectivity index (χ1n) is 5.88. The van der Waals surface area contributed by atoms with Crippen LogP contribution in [-0.4, -0.2) is 22.8 Å². The molecule has 1 aliphatic carbocycles. The second-order valence-corrected chi connectivity index (χ2v) is 6.09. The molecule has 0 atom stereocenters. The molecular weight excluding hydrogens is 254 g/mol. The van der Waals surface area contributed by atoms with Crippen molar-refractivity contribution in [2.75, 3.05) is 18.1 Å². The van der Waals surface area contributed by atoms with Gasteiger partial charge in [0.2, 0.25) is 0 Å². The number of hydrogen-bond donors (Lipinski definition) is 1. The van der Waals surface area contributed by atoms with Crippen LogP contribution in [-0.2, 0) is 0 Å². The molecule has 0 bridgehead atoms. The maximum absolute atomic E-state index is 5.95. The zero-order chi connectivity index (χ0) is 12.5. The summed E-state index contributed by atoms with van der Waals surface area (Å²) in [6, 6.07) is 1.79. The average molecular weight is 272 g/mol. The highest BCUT2D eigenvalue weighted by molar-refractivity contribution is 7.98. The Hall–Kier alpha value is -0.480. The molecule has 5 heteroatoms. The molecule has 1 aliphatic rings. The Balaban J connectivity index is 2.02. The summed E-state index contributed by atoms with van der Waals surface area (Å²) in [7, 11) is 0. The Morgan fingerprint density at radius 3 is 2.71 bits per heavy atom. The molecule has 1 heterocycles. The molecule has 1 saturated carbocycles. The van der Waals surface area contributed by atoms with E-state index in [1.54, 1.807) is 6.07 Å². The summed E-state index contributed by atoms with van der Waals surface area (Å²) in [5.41, 5.74) is 0.469. The first-order chi connectivity index (χ1) is 8.05. The predicted octanol–water partition coefficient (Wildman–Crippen LogP) is 3.70. The first-order valence-corrected chi connectivity index (χ1v) is 7.48. The molecule has 1 N–H and O–H groups in total. The molecular formula is C12H18ClN3S. The number of aromatic nitrogens is 2. The third-order valence-electron chi connectivity index (χ3n) is 3.60. The molecule has 1 aromatic heterocycles. The van der Waals surface area contributed by atoms with Gasteiger partial charge in [-0.25, -0.2) is 9.97 Å². The van der Waals surface area contributed by atoms with Gasteiger partial charge in [-0.3, -0.25) is 0 Å². The van der Waals surface area contributed by atoms with E-state index < -0.39 is 0 Å². The van der Waals surface area contributed by atoms with Crippen LogP contribution < -0.4 is 5.32 Å². The molecule has 1 fully saturated rings. The average Bonchev–Trinajstić information content (AvgIpc) is 3.06. The lowest BCUT2D eigenvalue weighted by Crippen LogP contribution is -2.21. The van der Waals surface area contributed by atoms with Crippen LogP contribution in [0, 0.1) is 11.3 Å². The minimum Gasteiger partial charge on any atom is -0.369 e. The van der Waals surface area contributed by atoms with Gasteiger partial charge in [0.1, 0.15) is 11.0 Å². The SMILES string of the molecule is CSc1nc(Cl)cc(NCC2(C(C)C)CC2)n1. The van der Waals surface area contributed by atoms with E-state index >= 15 is 0 Å². The maximum atomic E-state index is 5.95. The van der Waals surface area contributed by atoms with Crippen LogP contribution in [0.4, 0.5) is 5.82 Å². The molecule has 17 heavy (non-hydrogen) atoms. The topological polar surface area (TPSA) is 37.8 Å². The summed E-state index contributed by atoms with van der Waals surface area (Å²) in [4.78, 5) is 8.52. The quantitative estimate of drug-likeness (QED) is 0.503. The molecule has 3 nitrogen and oxygen atoms in total. The second kappa shape index (κ2) is 5.02. The van der Waals surface area contributed by atoms with Gasteiger partial charge < -0.3 is 5.32 Å².